The summed E-state index contributed by atoms with van der Waals surface area (Å²) in [5.74, 6) is 0. The summed E-state index contributed by atoms with van der Waals surface area (Å²) in [6, 6.07) is -0.0905. The Labute approximate surface area is 108 Å². The fraction of sp³-hybridized carbons (Fsp3) is 0.900. The molecule has 1 atom stereocenters. The van der Waals surface area contributed by atoms with Gasteiger partial charge in [-0.25, -0.2) is 22.9 Å². The molecule has 0 aliphatic carbocycles. The van der Waals surface area contributed by atoms with E-state index >= 15 is 0 Å². The molecule has 1 saturated heterocycles. The number of nitrogens with one attached hydrogen (secondary N) is 2. The predicted molar refractivity (Wildman–Crippen MR) is 67.3 cm³/mol. The smallest absolute Gasteiger partial charge is 0.422 e. The molecule has 7 nitrogen and oxygen atoms in total. The van der Waals surface area contributed by atoms with E-state index in [0.717, 1.165) is 0 Å². The van der Waals surface area contributed by atoms with Crippen molar-refractivity contribution in [2.75, 3.05) is 19.3 Å². The third-order valence-electron chi connectivity index (χ3n) is 2.40. The second-order valence-corrected chi connectivity index (χ2v) is 7.36. The van der Waals surface area contributed by atoms with Gasteiger partial charge in [0.25, 0.3) is 0 Å². The van der Waals surface area contributed by atoms with E-state index in [4.69, 9.17) is 4.74 Å². The van der Waals surface area contributed by atoms with Gasteiger partial charge >= 0.3 is 6.09 Å². The SMILES string of the molecule is CC(C)(C)OC(=O)NN[C@@H]1CCN(S(C)(=O)=O)C1. The third-order valence-corrected chi connectivity index (χ3v) is 3.67. The lowest BCUT2D eigenvalue weighted by molar-refractivity contribution is 0.0489. The van der Waals surface area contributed by atoms with Gasteiger partial charge in [-0.05, 0) is 27.2 Å². The minimum absolute atomic E-state index is 0.0905. The first-order valence-corrected chi connectivity index (χ1v) is 7.62. The Kier molecular flexibility index (Phi) is 4.57. The molecule has 0 aromatic heterocycles. The molecule has 8 heteroatoms. The van der Waals surface area contributed by atoms with Crippen LogP contribution in [0.15, 0.2) is 0 Å². The molecule has 0 aromatic carbocycles. The number of carbonyl (C=O) groups excluding carboxylic acids is 1. The van der Waals surface area contributed by atoms with Gasteiger partial charge in [0, 0.05) is 19.1 Å². The number of hydrogen-bond acceptors (Lipinski definition) is 5. The Hall–Kier alpha value is -0.860. The van der Waals surface area contributed by atoms with Gasteiger partial charge in [-0.1, -0.05) is 0 Å². The van der Waals surface area contributed by atoms with E-state index in [-0.39, 0.29) is 6.04 Å². The number of nitrogens with zero attached hydrogens (tertiary/aromatic N) is 1. The Balaban J connectivity index is 2.32. The van der Waals surface area contributed by atoms with E-state index in [1.165, 1.54) is 10.6 Å². The molecule has 0 radical (unpaired) electrons. The summed E-state index contributed by atoms with van der Waals surface area (Å²) in [7, 11) is -3.15. The van der Waals surface area contributed by atoms with Crippen molar-refractivity contribution in [3.8, 4) is 0 Å². The molecule has 0 unspecified atom stereocenters. The molecule has 106 valence electrons. The standard InChI is InChI=1S/C10H21N3O4S/c1-10(2,3)17-9(14)12-11-8-5-6-13(7-8)18(4,15)16/h8,11H,5-7H2,1-4H3,(H,12,14)/t8-/m1/s1. The van der Waals surface area contributed by atoms with Crippen LogP contribution in [0.3, 0.4) is 0 Å². The molecule has 1 aliphatic heterocycles. The van der Waals surface area contributed by atoms with E-state index in [1.807, 2.05) is 0 Å². The van der Waals surface area contributed by atoms with E-state index < -0.39 is 21.7 Å². The van der Waals surface area contributed by atoms with Crippen molar-refractivity contribution in [3.05, 3.63) is 0 Å². The van der Waals surface area contributed by atoms with Gasteiger partial charge in [0.2, 0.25) is 10.0 Å². The summed E-state index contributed by atoms with van der Waals surface area (Å²) in [5.41, 5.74) is 4.64. The summed E-state index contributed by atoms with van der Waals surface area (Å²) in [4.78, 5) is 11.4. The molecular weight excluding hydrogens is 258 g/mol. The molecule has 0 bridgehead atoms. The van der Waals surface area contributed by atoms with Crippen LogP contribution in [0, 0.1) is 0 Å². The number of sulfonamides is 1. The first-order valence-electron chi connectivity index (χ1n) is 5.77. The summed E-state index contributed by atoms with van der Waals surface area (Å²) < 4.78 is 29.0. The fourth-order valence-electron chi connectivity index (χ4n) is 1.61. The number of ether oxygens (including phenoxy) is 1. The van der Waals surface area contributed by atoms with Crippen molar-refractivity contribution in [3.63, 3.8) is 0 Å². The summed E-state index contributed by atoms with van der Waals surface area (Å²) in [6.07, 6.45) is 1.26. The van der Waals surface area contributed by atoms with Crippen molar-refractivity contribution in [1.82, 2.24) is 15.2 Å². The van der Waals surface area contributed by atoms with E-state index in [1.54, 1.807) is 20.8 Å². The number of hydrazine groups is 1. The van der Waals surface area contributed by atoms with Crippen LogP contribution in [0.25, 0.3) is 0 Å². The van der Waals surface area contributed by atoms with Crippen LogP contribution in [0.2, 0.25) is 0 Å². The second-order valence-electron chi connectivity index (χ2n) is 5.38. The van der Waals surface area contributed by atoms with Gasteiger partial charge in [0.05, 0.1) is 6.26 Å². The number of rotatable bonds is 3. The quantitative estimate of drug-likeness (QED) is 0.713. The lowest BCUT2D eigenvalue weighted by atomic mass is 10.2. The third kappa shape index (κ3) is 5.19. The highest BCUT2D eigenvalue weighted by atomic mass is 32.2. The molecule has 2 N–H and O–H groups in total. The molecule has 0 aromatic rings. The molecule has 1 aliphatic rings. The Morgan fingerprint density at radius 1 is 1.39 bits per heavy atom. The van der Waals surface area contributed by atoms with Crippen LogP contribution in [0.5, 0.6) is 0 Å². The van der Waals surface area contributed by atoms with E-state index in [2.05, 4.69) is 10.9 Å². The number of hydrogen-bond donors (Lipinski definition) is 2. The molecule has 18 heavy (non-hydrogen) atoms. The molecule has 0 spiro atoms. The zero-order valence-electron chi connectivity index (χ0n) is 11.2. The Bertz CT molecular complexity index is 402. The molecule has 1 fully saturated rings. The topological polar surface area (TPSA) is 87.7 Å². The van der Waals surface area contributed by atoms with Crippen LogP contribution in [0.1, 0.15) is 27.2 Å². The molecule has 1 amide bonds. The van der Waals surface area contributed by atoms with Gasteiger partial charge in [-0.3, -0.25) is 5.43 Å². The lowest BCUT2D eigenvalue weighted by Gasteiger charge is -2.21. The van der Waals surface area contributed by atoms with Crippen LogP contribution in [-0.2, 0) is 14.8 Å². The normalized spacial score (nSPS) is 21.9. The summed E-state index contributed by atoms with van der Waals surface area (Å²) in [5, 5.41) is 0. The predicted octanol–water partition coefficient (Wildman–Crippen LogP) is 0.0496. The minimum Gasteiger partial charge on any atom is -0.443 e. The monoisotopic (exact) mass is 279 g/mol. The highest BCUT2D eigenvalue weighted by Gasteiger charge is 2.28. The van der Waals surface area contributed by atoms with Crippen LogP contribution in [0.4, 0.5) is 4.79 Å². The maximum absolute atomic E-state index is 11.4. The van der Waals surface area contributed by atoms with Gasteiger partial charge < -0.3 is 4.74 Å². The lowest BCUT2D eigenvalue weighted by Crippen LogP contribution is -2.47. The number of carbonyl (C=O) groups is 1. The second kappa shape index (κ2) is 5.41. The molecule has 1 rings (SSSR count). The van der Waals surface area contributed by atoms with E-state index in [0.29, 0.717) is 19.5 Å². The maximum atomic E-state index is 11.4. The number of amides is 1. The molecule has 0 saturated carbocycles. The minimum atomic E-state index is -3.15. The summed E-state index contributed by atoms with van der Waals surface area (Å²) in [6.45, 7) is 6.13. The fourth-order valence-corrected chi connectivity index (χ4v) is 2.50. The zero-order valence-corrected chi connectivity index (χ0v) is 12.0. The van der Waals surface area contributed by atoms with E-state index in [9.17, 15) is 13.2 Å². The zero-order chi connectivity index (χ0) is 14.0. The Morgan fingerprint density at radius 3 is 2.44 bits per heavy atom. The highest BCUT2D eigenvalue weighted by molar-refractivity contribution is 7.88. The highest BCUT2D eigenvalue weighted by Crippen LogP contribution is 2.12. The van der Waals surface area contributed by atoms with Gasteiger partial charge in [0.15, 0.2) is 0 Å². The van der Waals surface area contributed by atoms with Crippen molar-refractivity contribution >= 4 is 16.1 Å². The Morgan fingerprint density at radius 2 is 2.00 bits per heavy atom. The molecular formula is C10H21N3O4S. The largest absolute Gasteiger partial charge is 0.443 e. The van der Waals surface area contributed by atoms with Crippen LogP contribution >= 0.6 is 0 Å². The summed E-state index contributed by atoms with van der Waals surface area (Å²) >= 11 is 0. The average Bonchev–Trinajstić information content (AvgIpc) is 2.59. The van der Waals surface area contributed by atoms with Gasteiger partial charge in [-0.2, -0.15) is 0 Å². The van der Waals surface area contributed by atoms with Gasteiger partial charge in [-0.15, -0.1) is 0 Å². The first-order chi connectivity index (χ1) is 8.08. The van der Waals surface area contributed by atoms with Crippen molar-refractivity contribution < 1.29 is 17.9 Å². The van der Waals surface area contributed by atoms with Gasteiger partial charge in [0.1, 0.15) is 5.60 Å². The van der Waals surface area contributed by atoms with Crippen molar-refractivity contribution in [2.45, 2.75) is 38.8 Å². The van der Waals surface area contributed by atoms with Crippen molar-refractivity contribution in [1.29, 1.82) is 0 Å². The maximum Gasteiger partial charge on any atom is 0.422 e. The van der Waals surface area contributed by atoms with Crippen LogP contribution in [-0.4, -0.2) is 49.8 Å². The van der Waals surface area contributed by atoms with Crippen molar-refractivity contribution in [2.24, 2.45) is 0 Å². The first kappa shape index (κ1) is 15.2. The average molecular weight is 279 g/mol. The van der Waals surface area contributed by atoms with Crippen LogP contribution < -0.4 is 10.9 Å². The molecule has 1 heterocycles.